The third-order valence-electron chi connectivity index (χ3n) is 7.37. The molecule has 0 spiro atoms. The zero-order valence-corrected chi connectivity index (χ0v) is 19.7. The maximum atomic E-state index is 13.5. The normalized spacial score (nSPS) is 23.3. The van der Waals surface area contributed by atoms with E-state index >= 15 is 0 Å². The molecule has 2 aromatic carbocycles. The van der Waals surface area contributed by atoms with Gasteiger partial charge in [-0.05, 0) is 35.1 Å². The maximum absolute atomic E-state index is 13.5. The van der Waals surface area contributed by atoms with Crippen LogP contribution in [-0.2, 0) is 19.1 Å². The van der Waals surface area contributed by atoms with Crippen LogP contribution in [0.4, 0.5) is 4.79 Å². The molecule has 8 nitrogen and oxygen atoms in total. The minimum atomic E-state index is -1.05. The van der Waals surface area contributed by atoms with Crippen LogP contribution >= 0.6 is 0 Å². The fraction of sp³-hybridized carbons (Fsp3) is 0.444. The maximum Gasteiger partial charge on any atom is 0.407 e. The van der Waals surface area contributed by atoms with Gasteiger partial charge in [-0.25, -0.2) is 9.59 Å². The lowest BCUT2D eigenvalue weighted by Crippen LogP contribution is -2.54. The molecule has 2 N–H and O–H groups in total. The molecule has 5 rings (SSSR count). The van der Waals surface area contributed by atoms with E-state index in [4.69, 9.17) is 9.47 Å². The van der Waals surface area contributed by atoms with Gasteiger partial charge in [-0.1, -0.05) is 61.9 Å². The number of likely N-dealkylation sites (tertiary alicyclic amines) is 1. The summed E-state index contributed by atoms with van der Waals surface area (Å²) in [4.78, 5) is 39.5. The predicted molar refractivity (Wildman–Crippen MR) is 128 cm³/mol. The largest absolute Gasteiger partial charge is 0.480 e. The minimum Gasteiger partial charge on any atom is -0.480 e. The van der Waals surface area contributed by atoms with Crippen LogP contribution < -0.4 is 5.32 Å². The Kier molecular flexibility index (Phi) is 6.47. The summed E-state index contributed by atoms with van der Waals surface area (Å²) in [6.45, 7) is 2.57. The van der Waals surface area contributed by atoms with Gasteiger partial charge in [0.25, 0.3) is 0 Å². The third-order valence-corrected chi connectivity index (χ3v) is 7.37. The van der Waals surface area contributed by atoms with Crippen molar-refractivity contribution in [1.82, 2.24) is 10.2 Å². The summed E-state index contributed by atoms with van der Waals surface area (Å²) in [5.41, 5.74) is 4.49. The lowest BCUT2D eigenvalue weighted by Gasteiger charge is -2.31. The second-order valence-electron chi connectivity index (χ2n) is 9.41. The Hall–Kier alpha value is -3.39. The highest BCUT2D eigenvalue weighted by Crippen LogP contribution is 2.44. The monoisotopic (exact) mass is 478 g/mol. The Morgan fingerprint density at radius 1 is 1.11 bits per heavy atom. The van der Waals surface area contributed by atoms with Gasteiger partial charge in [0.2, 0.25) is 5.91 Å². The van der Waals surface area contributed by atoms with Crippen LogP contribution in [0.1, 0.15) is 49.7 Å². The van der Waals surface area contributed by atoms with Gasteiger partial charge < -0.3 is 24.8 Å². The van der Waals surface area contributed by atoms with Crippen molar-refractivity contribution in [2.75, 3.05) is 13.2 Å². The Bertz CT molecular complexity index is 1090. The Morgan fingerprint density at radius 2 is 1.77 bits per heavy atom. The van der Waals surface area contributed by atoms with Crippen molar-refractivity contribution in [1.29, 1.82) is 0 Å². The minimum absolute atomic E-state index is 0.0835. The van der Waals surface area contributed by atoms with E-state index in [1.165, 1.54) is 4.90 Å². The number of hydrogen-bond acceptors (Lipinski definition) is 5. The van der Waals surface area contributed by atoms with Crippen molar-refractivity contribution in [2.24, 2.45) is 0 Å². The van der Waals surface area contributed by atoms with E-state index in [1.54, 1.807) is 0 Å². The molecule has 2 aromatic rings. The first-order chi connectivity index (χ1) is 17.0. The molecule has 2 heterocycles. The molecule has 2 saturated heterocycles. The standard InChI is InChI=1S/C27H30N2O6/c1-2-7-21(25(30)29-22-12-13-34-24(22)14-23(29)26(31)32)28-27(33)35-15-20-18-10-5-3-8-16(18)17-9-4-6-11-19(17)20/h3-6,8-11,20-24H,2,7,12-15H2,1H3,(H,28,33)(H,31,32). The average molecular weight is 479 g/mol. The Balaban J connectivity index is 1.28. The first-order valence-corrected chi connectivity index (χ1v) is 12.3. The number of carboxylic acid groups (broad SMARTS) is 1. The molecule has 0 saturated carbocycles. The number of benzene rings is 2. The number of hydrogen-bond donors (Lipinski definition) is 2. The summed E-state index contributed by atoms with van der Waals surface area (Å²) in [6.07, 6.45) is 0.973. The molecule has 2 fully saturated rings. The predicted octanol–water partition coefficient (Wildman–Crippen LogP) is 3.54. The molecule has 2 amide bonds. The summed E-state index contributed by atoms with van der Waals surface area (Å²) in [7, 11) is 0. The van der Waals surface area contributed by atoms with Crippen LogP contribution in [0, 0.1) is 0 Å². The fourth-order valence-electron chi connectivity index (χ4n) is 5.79. The Morgan fingerprint density at radius 3 is 2.40 bits per heavy atom. The quantitative estimate of drug-likeness (QED) is 0.631. The van der Waals surface area contributed by atoms with Gasteiger partial charge in [0.05, 0.1) is 12.1 Å². The van der Waals surface area contributed by atoms with Crippen LogP contribution in [0.5, 0.6) is 0 Å². The van der Waals surface area contributed by atoms with E-state index < -0.39 is 24.1 Å². The molecule has 8 heteroatoms. The number of carbonyl (C=O) groups is 3. The number of fused-ring (bicyclic) bond motifs is 4. The number of aliphatic carboxylic acids is 1. The summed E-state index contributed by atoms with van der Waals surface area (Å²) in [5, 5.41) is 12.4. The zero-order chi connectivity index (χ0) is 24.5. The lowest BCUT2D eigenvalue weighted by atomic mass is 9.98. The van der Waals surface area contributed by atoms with Gasteiger partial charge in [-0.15, -0.1) is 0 Å². The smallest absolute Gasteiger partial charge is 0.407 e. The van der Waals surface area contributed by atoms with Gasteiger partial charge in [-0.2, -0.15) is 0 Å². The van der Waals surface area contributed by atoms with Gasteiger partial charge >= 0.3 is 12.1 Å². The number of rotatable bonds is 7. The van der Waals surface area contributed by atoms with E-state index in [2.05, 4.69) is 17.4 Å². The van der Waals surface area contributed by atoms with E-state index in [0.29, 0.717) is 25.9 Å². The summed E-state index contributed by atoms with van der Waals surface area (Å²) in [5.74, 6) is -1.52. The number of amides is 2. The SMILES string of the molecule is CCCC(NC(=O)OCC1c2ccccc2-c2ccccc21)C(=O)N1C(C(=O)O)CC2OCCC21. The number of nitrogens with one attached hydrogen (secondary N) is 1. The number of ether oxygens (including phenoxy) is 2. The van der Waals surface area contributed by atoms with Crippen molar-refractivity contribution in [2.45, 2.75) is 62.8 Å². The van der Waals surface area contributed by atoms with Crippen LogP contribution in [0.3, 0.4) is 0 Å². The van der Waals surface area contributed by atoms with E-state index in [1.807, 2.05) is 43.3 Å². The van der Waals surface area contributed by atoms with Crippen LogP contribution in [0.15, 0.2) is 48.5 Å². The first kappa shape index (κ1) is 23.4. The average Bonchev–Trinajstić information content (AvgIpc) is 3.54. The van der Waals surface area contributed by atoms with Gasteiger partial charge in [0.1, 0.15) is 18.7 Å². The third kappa shape index (κ3) is 4.27. The van der Waals surface area contributed by atoms with E-state index in [9.17, 15) is 19.5 Å². The van der Waals surface area contributed by atoms with Crippen molar-refractivity contribution in [3.8, 4) is 11.1 Å². The number of carbonyl (C=O) groups excluding carboxylic acids is 2. The van der Waals surface area contributed by atoms with Crippen LogP contribution in [0.25, 0.3) is 11.1 Å². The molecular formula is C27H30N2O6. The van der Waals surface area contributed by atoms with Gasteiger partial charge in [0, 0.05) is 18.9 Å². The zero-order valence-electron chi connectivity index (χ0n) is 19.7. The van der Waals surface area contributed by atoms with E-state index in [0.717, 1.165) is 22.3 Å². The van der Waals surface area contributed by atoms with Crippen molar-refractivity contribution in [3.63, 3.8) is 0 Å². The van der Waals surface area contributed by atoms with E-state index in [-0.39, 0.29) is 37.0 Å². The highest BCUT2D eigenvalue weighted by molar-refractivity contribution is 5.90. The molecule has 35 heavy (non-hydrogen) atoms. The first-order valence-electron chi connectivity index (χ1n) is 12.3. The fourth-order valence-corrected chi connectivity index (χ4v) is 5.79. The summed E-state index contributed by atoms with van der Waals surface area (Å²) in [6, 6.07) is 14.1. The number of carboxylic acids is 1. The van der Waals surface area contributed by atoms with Crippen LogP contribution in [-0.4, -0.2) is 65.4 Å². The summed E-state index contributed by atoms with van der Waals surface area (Å²) < 4.78 is 11.3. The molecule has 0 radical (unpaired) electrons. The molecule has 4 atom stereocenters. The lowest BCUT2D eigenvalue weighted by molar-refractivity contribution is -0.150. The summed E-state index contributed by atoms with van der Waals surface area (Å²) >= 11 is 0. The number of nitrogens with zero attached hydrogens (tertiary/aromatic N) is 1. The van der Waals surface area contributed by atoms with Crippen molar-refractivity contribution in [3.05, 3.63) is 59.7 Å². The molecular weight excluding hydrogens is 448 g/mol. The second kappa shape index (κ2) is 9.70. The Labute approximate surface area is 204 Å². The molecule has 4 unspecified atom stereocenters. The molecule has 0 aromatic heterocycles. The van der Waals surface area contributed by atoms with Gasteiger partial charge in [-0.3, -0.25) is 4.79 Å². The highest BCUT2D eigenvalue weighted by atomic mass is 16.5. The molecule has 0 bridgehead atoms. The van der Waals surface area contributed by atoms with Crippen molar-refractivity contribution >= 4 is 18.0 Å². The molecule has 1 aliphatic carbocycles. The van der Waals surface area contributed by atoms with Crippen LogP contribution in [0.2, 0.25) is 0 Å². The number of alkyl carbamates (subject to hydrolysis) is 1. The topological polar surface area (TPSA) is 105 Å². The highest BCUT2D eigenvalue weighted by Gasteiger charge is 2.51. The van der Waals surface area contributed by atoms with Gasteiger partial charge in [0.15, 0.2) is 0 Å². The molecule has 184 valence electrons. The second-order valence-corrected chi connectivity index (χ2v) is 9.41. The van der Waals surface area contributed by atoms with Crippen molar-refractivity contribution < 1.29 is 29.0 Å². The molecule has 3 aliphatic rings. The molecule has 2 aliphatic heterocycles.